The van der Waals surface area contributed by atoms with Gasteiger partial charge in [-0.1, -0.05) is 11.2 Å². The standard InChI is InChI=1S/C21H20F3N5O5S/c22-13-5-16(24)20(11-1-2-11)17(6-13)33-10-19(30)29(9-18-27-28-21(25)34-18)8-12-3-4-14(7-15(12)23)35(26,31)32/h3-7,11H,1-2,8-10H2,(H2,25,28)(H2,26,31,32). The van der Waals surface area contributed by atoms with Crippen LogP contribution in [-0.2, 0) is 27.9 Å². The van der Waals surface area contributed by atoms with Gasteiger partial charge in [0.25, 0.3) is 5.91 Å². The highest BCUT2D eigenvalue weighted by Gasteiger charge is 2.31. The van der Waals surface area contributed by atoms with Crippen LogP contribution in [0.4, 0.5) is 19.2 Å². The van der Waals surface area contributed by atoms with Crippen LogP contribution in [0.3, 0.4) is 0 Å². The van der Waals surface area contributed by atoms with Crippen LogP contribution in [0.2, 0.25) is 0 Å². The van der Waals surface area contributed by atoms with Gasteiger partial charge in [0.2, 0.25) is 15.9 Å². The van der Waals surface area contributed by atoms with Crippen molar-refractivity contribution >= 4 is 21.9 Å². The van der Waals surface area contributed by atoms with Crippen molar-refractivity contribution in [2.45, 2.75) is 36.7 Å². The number of amides is 1. The lowest BCUT2D eigenvalue weighted by Gasteiger charge is -2.22. The summed E-state index contributed by atoms with van der Waals surface area (Å²) >= 11 is 0. The van der Waals surface area contributed by atoms with Crippen LogP contribution in [0.5, 0.6) is 5.75 Å². The Morgan fingerprint density at radius 3 is 2.46 bits per heavy atom. The highest BCUT2D eigenvalue weighted by atomic mass is 32.2. The van der Waals surface area contributed by atoms with Gasteiger partial charge in [-0.3, -0.25) is 4.79 Å². The van der Waals surface area contributed by atoms with Gasteiger partial charge in [0.1, 0.15) is 23.2 Å². The smallest absolute Gasteiger partial charge is 0.312 e. The molecule has 0 unspecified atom stereocenters. The van der Waals surface area contributed by atoms with Crippen molar-refractivity contribution in [3.05, 3.63) is 64.8 Å². The number of hydrogen-bond donors (Lipinski definition) is 2. The van der Waals surface area contributed by atoms with Crippen molar-refractivity contribution in [2.75, 3.05) is 12.3 Å². The number of halogens is 3. The van der Waals surface area contributed by atoms with Crippen molar-refractivity contribution in [1.82, 2.24) is 15.1 Å². The largest absolute Gasteiger partial charge is 0.483 e. The second kappa shape index (κ2) is 9.54. The second-order valence-corrected chi connectivity index (χ2v) is 9.51. The van der Waals surface area contributed by atoms with E-state index in [0.29, 0.717) is 12.8 Å². The highest BCUT2D eigenvalue weighted by molar-refractivity contribution is 7.89. The Bertz CT molecular complexity index is 1380. The minimum Gasteiger partial charge on any atom is -0.483 e. The first-order valence-corrected chi connectivity index (χ1v) is 11.8. The molecule has 0 bridgehead atoms. The first-order chi connectivity index (χ1) is 16.5. The lowest BCUT2D eigenvalue weighted by atomic mass is 10.1. The number of anilines is 1. The normalized spacial score (nSPS) is 13.6. The van der Waals surface area contributed by atoms with Gasteiger partial charge < -0.3 is 19.8 Å². The number of nitrogens with two attached hydrogens (primary N) is 2. The molecule has 1 saturated carbocycles. The van der Waals surface area contributed by atoms with Gasteiger partial charge >= 0.3 is 6.01 Å². The Kier molecular flexibility index (Phi) is 6.67. The molecule has 0 saturated heterocycles. The molecule has 3 aromatic rings. The molecule has 1 heterocycles. The van der Waals surface area contributed by atoms with Crippen LogP contribution in [0.1, 0.15) is 35.8 Å². The number of sulfonamides is 1. The molecule has 14 heteroatoms. The predicted octanol–water partition coefficient (Wildman–Crippen LogP) is 2.20. The van der Waals surface area contributed by atoms with Crippen molar-refractivity contribution in [3.8, 4) is 5.75 Å². The van der Waals surface area contributed by atoms with E-state index >= 15 is 0 Å². The number of hydrogen-bond acceptors (Lipinski definition) is 8. The molecule has 1 aromatic heterocycles. The molecule has 1 aliphatic carbocycles. The van der Waals surface area contributed by atoms with Gasteiger partial charge in [0.15, 0.2) is 6.61 Å². The highest BCUT2D eigenvalue weighted by Crippen LogP contribution is 2.45. The summed E-state index contributed by atoms with van der Waals surface area (Å²) in [4.78, 5) is 13.6. The minimum atomic E-state index is -4.13. The maximum atomic E-state index is 14.6. The lowest BCUT2D eigenvalue weighted by molar-refractivity contribution is -0.135. The maximum absolute atomic E-state index is 14.6. The van der Waals surface area contributed by atoms with E-state index in [9.17, 15) is 26.4 Å². The van der Waals surface area contributed by atoms with Gasteiger partial charge in [0.05, 0.1) is 11.4 Å². The van der Waals surface area contributed by atoms with Crippen molar-refractivity contribution < 1.29 is 35.5 Å². The molecule has 0 radical (unpaired) electrons. The summed E-state index contributed by atoms with van der Waals surface area (Å²) in [5, 5.41) is 12.2. The Balaban J connectivity index is 1.56. The molecule has 0 aliphatic heterocycles. The van der Waals surface area contributed by atoms with Gasteiger partial charge in [-0.05, 0) is 30.9 Å². The van der Waals surface area contributed by atoms with Crippen LogP contribution in [0.15, 0.2) is 39.6 Å². The zero-order valence-corrected chi connectivity index (χ0v) is 18.9. The molecule has 2 aromatic carbocycles. The Labute approximate surface area is 197 Å². The Morgan fingerprint density at radius 1 is 1.11 bits per heavy atom. The van der Waals surface area contributed by atoms with E-state index in [1.54, 1.807) is 0 Å². The van der Waals surface area contributed by atoms with Crippen LogP contribution in [-0.4, -0.2) is 36.0 Å². The predicted molar refractivity (Wildman–Crippen MR) is 115 cm³/mol. The molecule has 1 fully saturated rings. The summed E-state index contributed by atoms with van der Waals surface area (Å²) < 4.78 is 76.1. The summed E-state index contributed by atoms with van der Waals surface area (Å²) in [6, 6.07) is 4.48. The van der Waals surface area contributed by atoms with Gasteiger partial charge in [0, 0.05) is 29.8 Å². The first-order valence-electron chi connectivity index (χ1n) is 10.3. The molecule has 35 heavy (non-hydrogen) atoms. The van der Waals surface area contributed by atoms with Gasteiger partial charge in [-0.2, -0.15) is 0 Å². The van der Waals surface area contributed by atoms with Crippen molar-refractivity contribution in [3.63, 3.8) is 0 Å². The van der Waals surface area contributed by atoms with Crippen molar-refractivity contribution in [1.29, 1.82) is 0 Å². The fourth-order valence-electron chi connectivity index (χ4n) is 3.44. The quantitative estimate of drug-likeness (QED) is 0.443. The summed E-state index contributed by atoms with van der Waals surface area (Å²) in [5.41, 5.74) is 5.56. The van der Waals surface area contributed by atoms with Gasteiger partial charge in [-0.25, -0.2) is 26.7 Å². The van der Waals surface area contributed by atoms with Crippen LogP contribution < -0.4 is 15.6 Å². The second-order valence-electron chi connectivity index (χ2n) is 7.94. The number of nitrogens with zero attached hydrogens (tertiary/aromatic N) is 3. The zero-order valence-electron chi connectivity index (χ0n) is 18.1. The summed E-state index contributed by atoms with van der Waals surface area (Å²) in [7, 11) is -4.13. The zero-order chi connectivity index (χ0) is 25.3. The maximum Gasteiger partial charge on any atom is 0.312 e. The van der Waals surface area contributed by atoms with Crippen LogP contribution >= 0.6 is 0 Å². The molecular weight excluding hydrogens is 491 g/mol. The van der Waals surface area contributed by atoms with Crippen LogP contribution in [0.25, 0.3) is 0 Å². The molecule has 4 N–H and O–H groups in total. The summed E-state index contributed by atoms with van der Waals surface area (Å²) in [6.45, 7) is -1.28. The number of primary sulfonamides is 1. The van der Waals surface area contributed by atoms with Crippen LogP contribution in [0, 0.1) is 17.5 Å². The summed E-state index contributed by atoms with van der Waals surface area (Å²) in [6.07, 6.45) is 1.43. The average Bonchev–Trinajstić information content (AvgIpc) is 3.52. The fraction of sp³-hybridized carbons (Fsp3) is 0.286. The summed E-state index contributed by atoms with van der Waals surface area (Å²) in [5.74, 6) is -3.53. The van der Waals surface area contributed by atoms with Gasteiger partial charge in [-0.15, -0.1) is 5.10 Å². The third kappa shape index (κ3) is 5.89. The monoisotopic (exact) mass is 511 g/mol. The number of carbonyl (C=O) groups excluding carboxylic acids is 1. The number of carbonyl (C=O) groups is 1. The van der Waals surface area contributed by atoms with E-state index in [2.05, 4.69) is 10.2 Å². The SMILES string of the molecule is Nc1nnc(CN(Cc2ccc(S(N)(=O)=O)cc2F)C(=O)COc2cc(F)cc(F)c2C2CC2)o1. The third-order valence-corrected chi connectivity index (χ3v) is 6.18. The number of benzene rings is 2. The number of nitrogen functional groups attached to an aromatic ring is 1. The van der Waals surface area contributed by atoms with E-state index < -0.39 is 44.9 Å². The topological polar surface area (TPSA) is 155 Å². The Morgan fingerprint density at radius 2 is 1.86 bits per heavy atom. The molecule has 0 atom stereocenters. The molecule has 0 spiro atoms. The van der Waals surface area contributed by atoms with E-state index in [1.165, 1.54) is 0 Å². The fourth-order valence-corrected chi connectivity index (χ4v) is 3.97. The van der Waals surface area contributed by atoms with E-state index in [1.807, 2.05) is 0 Å². The number of rotatable bonds is 9. The molecule has 1 amide bonds. The third-order valence-electron chi connectivity index (χ3n) is 5.27. The van der Waals surface area contributed by atoms with Crippen molar-refractivity contribution in [2.24, 2.45) is 5.14 Å². The first kappa shape index (κ1) is 24.5. The number of ether oxygens (including phenoxy) is 1. The molecule has 186 valence electrons. The number of aromatic nitrogens is 2. The Hall–Kier alpha value is -3.65. The van der Waals surface area contributed by atoms with E-state index in [-0.39, 0.29) is 47.8 Å². The minimum absolute atomic E-state index is 0.0475. The molecule has 4 rings (SSSR count). The van der Waals surface area contributed by atoms with E-state index in [4.69, 9.17) is 20.0 Å². The lowest BCUT2D eigenvalue weighted by Crippen LogP contribution is -2.34. The molecular formula is C21H20F3N5O5S. The van der Waals surface area contributed by atoms with E-state index in [0.717, 1.165) is 35.2 Å². The molecule has 10 nitrogen and oxygen atoms in total. The average molecular weight is 511 g/mol. The molecule has 1 aliphatic rings.